The molecule has 0 spiro atoms. The molecule has 0 unspecified atom stereocenters. The van der Waals surface area contributed by atoms with Gasteiger partial charge in [-0.15, -0.1) is 11.3 Å². The van der Waals surface area contributed by atoms with E-state index >= 15 is 0 Å². The van der Waals surface area contributed by atoms with Crippen LogP contribution in [0.2, 0.25) is 0 Å². The highest BCUT2D eigenvalue weighted by Gasteiger charge is 2.18. The van der Waals surface area contributed by atoms with E-state index in [0.717, 1.165) is 21.8 Å². The number of hydrogen-bond acceptors (Lipinski definition) is 6. The molecule has 3 rings (SSSR count). The molecule has 0 saturated carbocycles. The maximum Gasteiger partial charge on any atom is 0.512 e. The molecule has 3 aromatic rings. The van der Waals surface area contributed by atoms with Crippen LogP contribution < -0.4 is 21.1 Å². The summed E-state index contributed by atoms with van der Waals surface area (Å²) in [5.74, 6) is -0.0403. The molecular weight excluding hydrogens is 422 g/mol. The van der Waals surface area contributed by atoms with Crippen molar-refractivity contribution in [2.45, 2.75) is 26.2 Å². The number of aromatic amines is 1. The number of carbonyl (C=O) groups is 3. The van der Waals surface area contributed by atoms with Crippen LogP contribution in [0.3, 0.4) is 0 Å². The molecule has 162 valence electrons. The Balaban J connectivity index is 1.69. The second-order valence-electron chi connectivity index (χ2n) is 6.89. The standard InChI is InChI=1S/C20H21N5O5S/c1-10(2)11-3-5-12(6-4-11)22-19(27)25-18-16(17(21)26)23-14(24-18)9-13-7-8-15(31-13)30-20(28)29/h3-8,10H,9H2,1-2H3,(H2,21,26)(H,23,24)(H,28,29)(H2,22,25,27). The number of thiophene rings is 1. The molecule has 2 aromatic heterocycles. The van der Waals surface area contributed by atoms with Crippen LogP contribution in [0, 0.1) is 0 Å². The largest absolute Gasteiger partial charge is 0.512 e. The van der Waals surface area contributed by atoms with Crippen molar-refractivity contribution in [3.05, 3.63) is 58.4 Å². The number of benzene rings is 1. The molecule has 11 heteroatoms. The average molecular weight is 443 g/mol. The molecule has 0 aliphatic rings. The number of rotatable bonds is 7. The van der Waals surface area contributed by atoms with E-state index in [9.17, 15) is 14.4 Å². The lowest BCUT2D eigenvalue weighted by atomic mass is 10.0. The number of amides is 3. The Morgan fingerprint density at radius 1 is 1.16 bits per heavy atom. The first-order chi connectivity index (χ1) is 14.7. The highest BCUT2D eigenvalue weighted by molar-refractivity contribution is 7.13. The quantitative estimate of drug-likeness (QED) is 0.347. The lowest BCUT2D eigenvalue weighted by Crippen LogP contribution is -2.22. The maximum atomic E-state index is 12.4. The highest BCUT2D eigenvalue weighted by Crippen LogP contribution is 2.27. The second kappa shape index (κ2) is 9.30. The van der Waals surface area contributed by atoms with E-state index in [1.54, 1.807) is 18.2 Å². The van der Waals surface area contributed by atoms with Crippen LogP contribution in [0.1, 0.15) is 46.5 Å². The van der Waals surface area contributed by atoms with Crippen molar-refractivity contribution >= 4 is 40.9 Å². The number of nitrogens with zero attached hydrogens (tertiary/aromatic N) is 1. The second-order valence-corrected chi connectivity index (χ2v) is 8.02. The number of carbonyl (C=O) groups excluding carboxylic acids is 2. The van der Waals surface area contributed by atoms with Gasteiger partial charge in [-0.1, -0.05) is 26.0 Å². The summed E-state index contributed by atoms with van der Waals surface area (Å²) in [6.45, 7) is 4.15. The fraction of sp³-hybridized carbons (Fsp3) is 0.200. The molecular formula is C20H21N5O5S. The average Bonchev–Trinajstić information content (AvgIpc) is 3.28. The number of carboxylic acid groups (broad SMARTS) is 1. The van der Waals surface area contributed by atoms with E-state index < -0.39 is 18.1 Å². The number of anilines is 2. The first-order valence-electron chi connectivity index (χ1n) is 9.27. The van der Waals surface area contributed by atoms with Crippen molar-refractivity contribution in [1.82, 2.24) is 9.97 Å². The zero-order valence-corrected chi connectivity index (χ0v) is 17.6. The number of aromatic nitrogens is 2. The molecule has 0 aliphatic heterocycles. The van der Waals surface area contributed by atoms with Crippen LogP contribution in [0.15, 0.2) is 36.4 Å². The van der Waals surface area contributed by atoms with Gasteiger partial charge in [-0.05, 0) is 35.7 Å². The van der Waals surface area contributed by atoms with Crippen molar-refractivity contribution in [3.63, 3.8) is 0 Å². The number of primary amides is 1. The molecule has 2 heterocycles. The van der Waals surface area contributed by atoms with Crippen molar-refractivity contribution in [2.24, 2.45) is 5.73 Å². The van der Waals surface area contributed by atoms with Crippen molar-refractivity contribution in [2.75, 3.05) is 10.6 Å². The van der Waals surface area contributed by atoms with Gasteiger partial charge in [0.05, 0.1) is 0 Å². The Labute approximate surface area is 181 Å². The predicted molar refractivity (Wildman–Crippen MR) is 116 cm³/mol. The molecule has 0 radical (unpaired) electrons. The molecule has 0 bridgehead atoms. The van der Waals surface area contributed by atoms with E-state index in [4.69, 9.17) is 10.8 Å². The van der Waals surface area contributed by atoms with E-state index in [1.807, 2.05) is 12.1 Å². The Hall–Kier alpha value is -3.86. The number of ether oxygens (including phenoxy) is 1. The Morgan fingerprint density at radius 3 is 2.48 bits per heavy atom. The summed E-state index contributed by atoms with van der Waals surface area (Å²) in [5, 5.41) is 14.1. The van der Waals surface area contributed by atoms with Crippen molar-refractivity contribution < 1.29 is 24.2 Å². The van der Waals surface area contributed by atoms with Crippen LogP contribution in [0.25, 0.3) is 0 Å². The van der Waals surface area contributed by atoms with Gasteiger partial charge in [0.1, 0.15) is 11.5 Å². The minimum absolute atomic E-state index is 0.00244. The fourth-order valence-electron chi connectivity index (χ4n) is 2.76. The van der Waals surface area contributed by atoms with Gasteiger partial charge in [-0.2, -0.15) is 0 Å². The Bertz CT molecular complexity index is 1100. The first kappa shape index (κ1) is 21.8. The van der Waals surface area contributed by atoms with Gasteiger partial charge >= 0.3 is 12.2 Å². The minimum atomic E-state index is -1.40. The summed E-state index contributed by atoms with van der Waals surface area (Å²) in [7, 11) is 0. The number of urea groups is 1. The Kier molecular flexibility index (Phi) is 6.55. The number of imidazole rings is 1. The lowest BCUT2D eigenvalue weighted by molar-refractivity contribution is 0.0996. The monoisotopic (exact) mass is 443 g/mol. The first-order valence-corrected chi connectivity index (χ1v) is 10.1. The number of H-pyrrole nitrogens is 1. The number of nitrogens with one attached hydrogen (secondary N) is 3. The third-order valence-corrected chi connectivity index (χ3v) is 5.20. The van der Waals surface area contributed by atoms with Crippen molar-refractivity contribution in [1.29, 1.82) is 0 Å². The van der Waals surface area contributed by atoms with Gasteiger partial charge < -0.3 is 25.9 Å². The van der Waals surface area contributed by atoms with E-state index in [0.29, 0.717) is 17.4 Å². The van der Waals surface area contributed by atoms with Gasteiger partial charge in [-0.3, -0.25) is 10.1 Å². The summed E-state index contributed by atoms with van der Waals surface area (Å²) in [4.78, 5) is 42.5. The molecule has 10 nitrogen and oxygen atoms in total. The van der Waals surface area contributed by atoms with Gasteiger partial charge in [0, 0.05) is 17.0 Å². The smallest absolute Gasteiger partial charge is 0.449 e. The molecule has 0 atom stereocenters. The highest BCUT2D eigenvalue weighted by atomic mass is 32.1. The van der Waals surface area contributed by atoms with E-state index in [-0.39, 0.29) is 23.0 Å². The topological polar surface area (TPSA) is 159 Å². The lowest BCUT2D eigenvalue weighted by Gasteiger charge is -2.09. The van der Waals surface area contributed by atoms with Crippen LogP contribution in [0.5, 0.6) is 5.06 Å². The number of nitrogens with two attached hydrogens (primary N) is 1. The van der Waals surface area contributed by atoms with Crippen LogP contribution >= 0.6 is 11.3 Å². The van der Waals surface area contributed by atoms with Gasteiger partial charge in [0.15, 0.2) is 10.9 Å². The third kappa shape index (κ3) is 5.82. The van der Waals surface area contributed by atoms with Gasteiger partial charge in [-0.25, -0.2) is 14.6 Å². The molecule has 1 aromatic carbocycles. The predicted octanol–water partition coefficient (Wildman–Crippen LogP) is 3.99. The van der Waals surface area contributed by atoms with Crippen LogP contribution in [0.4, 0.5) is 21.1 Å². The SMILES string of the molecule is CC(C)c1ccc(NC(=O)Nc2nc(Cc3ccc(OC(=O)O)s3)[nH]c2C(N)=O)cc1. The molecule has 0 saturated heterocycles. The normalized spacial score (nSPS) is 10.7. The molecule has 3 amide bonds. The van der Waals surface area contributed by atoms with Crippen LogP contribution in [-0.4, -0.2) is 33.2 Å². The summed E-state index contributed by atoms with van der Waals surface area (Å²) < 4.78 is 4.59. The molecule has 0 aliphatic carbocycles. The minimum Gasteiger partial charge on any atom is -0.449 e. The zero-order valence-electron chi connectivity index (χ0n) is 16.8. The summed E-state index contributed by atoms with van der Waals surface area (Å²) in [6.07, 6.45) is -1.15. The number of hydrogen-bond donors (Lipinski definition) is 5. The maximum absolute atomic E-state index is 12.4. The molecule has 31 heavy (non-hydrogen) atoms. The molecule has 0 fully saturated rings. The summed E-state index contributed by atoms with van der Waals surface area (Å²) in [5.41, 5.74) is 7.08. The van der Waals surface area contributed by atoms with Gasteiger partial charge in [0.25, 0.3) is 5.91 Å². The molecule has 6 N–H and O–H groups in total. The van der Waals surface area contributed by atoms with Crippen molar-refractivity contribution in [3.8, 4) is 5.06 Å². The van der Waals surface area contributed by atoms with Crippen LogP contribution in [-0.2, 0) is 6.42 Å². The van der Waals surface area contributed by atoms with Gasteiger partial charge in [0.2, 0.25) is 0 Å². The van der Waals surface area contributed by atoms with E-state index in [1.165, 1.54) is 6.07 Å². The summed E-state index contributed by atoms with van der Waals surface area (Å²) in [6, 6.07) is 10.0. The Morgan fingerprint density at radius 2 is 1.87 bits per heavy atom. The summed E-state index contributed by atoms with van der Waals surface area (Å²) >= 11 is 1.12. The third-order valence-electron chi connectivity index (χ3n) is 4.23. The fourth-order valence-corrected chi connectivity index (χ4v) is 3.61. The van der Waals surface area contributed by atoms with E-state index in [2.05, 4.69) is 39.2 Å². The zero-order chi connectivity index (χ0) is 22.5.